The van der Waals surface area contributed by atoms with Crippen LogP contribution in [0.25, 0.3) is 0 Å². The summed E-state index contributed by atoms with van der Waals surface area (Å²) in [4.78, 5) is 6.77. The van der Waals surface area contributed by atoms with Crippen molar-refractivity contribution in [3.05, 3.63) is 88.9 Å². The first-order valence-corrected chi connectivity index (χ1v) is 11.8. The van der Waals surface area contributed by atoms with Gasteiger partial charge in [-0.3, -0.25) is 0 Å². The molecule has 160 valence electrons. The minimum absolute atomic E-state index is 0.185. The summed E-state index contributed by atoms with van der Waals surface area (Å²) in [6, 6.07) is 20.8. The molecule has 1 atom stereocenters. The van der Waals surface area contributed by atoms with Crippen LogP contribution in [-0.4, -0.2) is 39.3 Å². The maximum absolute atomic E-state index is 11.8. The van der Waals surface area contributed by atoms with Gasteiger partial charge in [-0.2, -0.15) is 0 Å². The zero-order valence-electron chi connectivity index (χ0n) is 17.0. The highest BCUT2D eigenvalue weighted by Gasteiger charge is 2.40. The predicted molar refractivity (Wildman–Crippen MR) is 122 cm³/mol. The highest BCUT2D eigenvalue weighted by molar-refractivity contribution is 7.90. The fourth-order valence-corrected chi connectivity index (χ4v) is 4.24. The van der Waals surface area contributed by atoms with E-state index in [4.69, 9.17) is 16.3 Å². The van der Waals surface area contributed by atoms with Gasteiger partial charge in [0.25, 0.3) is 0 Å². The van der Waals surface area contributed by atoms with Crippen molar-refractivity contribution in [2.24, 2.45) is 4.99 Å². The smallest absolute Gasteiger partial charge is 0.202 e. The number of benzene rings is 3. The Labute approximate surface area is 186 Å². The molecule has 0 saturated heterocycles. The molecule has 1 aliphatic heterocycles. The van der Waals surface area contributed by atoms with Crippen LogP contribution in [0.15, 0.2) is 82.7 Å². The molecule has 31 heavy (non-hydrogen) atoms. The van der Waals surface area contributed by atoms with Gasteiger partial charge in [0.2, 0.25) is 5.72 Å². The molecule has 1 heterocycles. The number of aliphatic imine (C=N–C) groups is 1. The molecule has 6 nitrogen and oxygen atoms in total. The largest absolute Gasteiger partial charge is 0.497 e. The second kappa shape index (κ2) is 8.00. The molecular weight excluding hydrogens is 436 g/mol. The van der Waals surface area contributed by atoms with Crippen molar-refractivity contribution < 1.29 is 18.3 Å². The van der Waals surface area contributed by atoms with Crippen molar-refractivity contribution in [1.29, 1.82) is 0 Å². The average Bonchev–Trinajstić information content (AvgIpc) is 3.13. The third-order valence-corrected chi connectivity index (χ3v) is 6.54. The van der Waals surface area contributed by atoms with Crippen molar-refractivity contribution in [3.63, 3.8) is 0 Å². The van der Waals surface area contributed by atoms with E-state index in [1.54, 1.807) is 55.6 Å². The Morgan fingerprint density at radius 1 is 1.00 bits per heavy atom. The van der Waals surface area contributed by atoms with Gasteiger partial charge in [0.05, 0.1) is 18.6 Å². The summed E-state index contributed by atoms with van der Waals surface area (Å²) >= 11 is 6.05. The van der Waals surface area contributed by atoms with E-state index in [0.29, 0.717) is 27.7 Å². The molecule has 3 aromatic carbocycles. The number of β-amino-alcohol motifs (C(OH)–C–C–N with tert-alkyl or cyclic N) is 1. The van der Waals surface area contributed by atoms with Gasteiger partial charge in [-0.15, -0.1) is 0 Å². The van der Waals surface area contributed by atoms with Crippen molar-refractivity contribution in [2.45, 2.75) is 10.6 Å². The standard InChI is InChI=1S/C23H21ClN2O4S/c1-30-20-11-5-17(6-12-20)23(27)15-26(19-9-7-18(24)8-10-19)22(25-23)16-3-13-21(14-4-16)31(2,28)29/h3-14,27H,15H2,1-2H3. The molecular formula is C23H21ClN2O4S. The van der Waals surface area contributed by atoms with Crippen LogP contribution < -0.4 is 9.64 Å². The highest BCUT2D eigenvalue weighted by atomic mass is 35.5. The molecule has 1 unspecified atom stereocenters. The summed E-state index contributed by atoms with van der Waals surface area (Å²) < 4.78 is 28.8. The van der Waals surface area contributed by atoms with E-state index >= 15 is 0 Å². The fraction of sp³-hybridized carbons (Fsp3) is 0.174. The van der Waals surface area contributed by atoms with Crippen molar-refractivity contribution in [2.75, 3.05) is 24.8 Å². The van der Waals surface area contributed by atoms with E-state index in [0.717, 1.165) is 11.9 Å². The van der Waals surface area contributed by atoms with E-state index in [1.807, 2.05) is 17.0 Å². The Kier molecular flexibility index (Phi) is 5.51. The summed E-state index contributed by atoms with van der Waals surface area (Å²) in [6.45, 7) is 0.185. The average molecular weight is 457 g/mol. The summed E-state index contributed by atoms with van der Waals surface area (Å²) in [7, 11) is -1.73. The maximum Gasteiger partial charge on any atom is 0.202 e. The van der Waals surface area contributed by atoms with Crippen LogP contribution in [0, 0.1) is 0 Å². The second-order valence-electron chi connectivity index (χ2n) is 7.34. The number of hydrogen-bond acceptors (Lipinski definition) is 6. The molecule has 0 radical (unpaired) electrons. The number of amidine groups is 1. The summed E-state index contributed by atoms with van der Waals surface area (Å²) in [5, 5.41) is 12.0. The molecule has 1 N–H and O–H groups in total. The van der Waals surface area contributed by atoms with Crippen molar-refractivity contribution >= 4 is 33.0 Å². The number of rotatable bonds is 5. The number of aliphatic hydroxyl groups is 1. The minimum atomic E-state index is -3.32. The van der Waals surface area contributed by atoms with Crippen LogP contribution in [0.1, 0.15) is 11.1 Å². The Bertz CT molecular complexity index is 1220. The molecule has 3 aromatic rings. The van der Waals surface area contributed by atoms with Gasteiger partial charge in [-0.05, 0) is 60.7 Å². The molecule has 0 bridgehead atoms. The van der Waals surface area contributed by atoms with Crippen molar-refractivity contribution in [3.8, 4) is 5.75 Å². The lowest BCUT2D eigenvalue weighted by Gasteiger charge is -2.24. The predicted octanol–water partition coefficient (Wildman–Crippen LogP) is 3.86. The lowest BCUT2D eigenvalue weighted by molar-refractivity contribution is 0.0647. The number of hydrogen-bond donors (Lipinski definition) is 1. The van der Waals surface area contributed by atoms with E-state index in [2.05, 4.69) is 4.99 Å². The Balaban J connectivity index is 1.79. The van der Waals surface area contributed by atoms with Crippen LogP contribution in [0.3, 0.4) is 0 Å². The highest BCUT2D eigenvalue weighted by Crippen LogP contribution is 2.35. The SMILES string of the molecule is COc1ccc(C2(O)CN(c3ccc(Cl)cc3)C(c3ccc(S(C)(=O)=O)cc3)=N2)cc1. The maximum atomic E-state index is 11.8. The molecule has 4 rings (SSSR count). The topological polar surface area (TPSA) is 79.2 Å². The zero-order valence-corrected chi connectivity index (χ0v) is 18.6. The van der Waals surface area contributed by atoms with Crippen LogP contribution in [0.2, 0.25) is 5.02 Å². The molecule has 8 heteroatoms. The zero-order chi connectivity index (χ0) is 22.2. The first-order chi connectivity index (χ1) is 14.7. The summed E-state index contributed by atoms with van der Waals surface area (Å²) in [5.74, 6) is 1.21. The number of ether oxygens (including phenoxy) is 1. The van der Waals surface area contributed by atoms with E-state index in [9.17, 15) is 13.5 Å². The van der Waals surface area contributed by atoms with Gasteiger partial charge in [0, 0.05) is 28.1 Å². The lowest BCUT2D eigenvalue weighted by atomic mass is 10.0. The lowest BCUT2D eigenvalue weighted by Crippen LogP contribution is -2.34. The van der Waals surface area contributed by atoms with Gasteiger partial charge >= 0.3 is 0 Å². The first-order valence-electron chi connectivity index (χ1n) is 9.50. The number of halogens is 1. The molecule has 0 aromatic heterocycles. The number of methoxy groups -OCH3 is 1. The third kappa shape index (κ3) is 4.30. The molecule has 1 aliphatic rings. The number of nitrogens with zero attached hydrogens (tertiary/aromatic N) is 2. The third-order valence-electron chi connectivity index (χ3n) is 5.16. The Morgan fingerprint density at radius 2 is 1.61 bits per heavy atom. The normalized spacial score (nSPS) is 18.7. The van der Waals surface area contributed by atoms with Crippen LogP contribution in [-0.2, 0) is 15.6 Å². The van der Waals surface area contributed by atoms with Crippen LogP contribution >= 0.6 is 11.6 Å². The number of sulfone groups is 1. The van der Waals surface area contributed by atoms with E-state index < -0.39 is 15.6 Å². The Morgan fingerprint density at radius 3 is 2.16 bits per heavy atom. The van der Waals surface area contributed by atoms with E-state index in [1.165, 1.54) is 12.1 Å². The van der Waals surface area contributed by atoms with E-state index in [-0.39, 0.29) is 11.4 Å². The first kappa shape index (κ1) is 21.4. The van der Waals surface area contributed by atoms with Gasteiger partial charge in [-0.1, -0.05) is 23.7 Å². The minimum Gasteiger partial charge on any atom is -0.497 e. The number of anilines is 1. The van der Waals surface area contributed by atoms with Gasteiger partial charge in [-0.25, -0.2) is 13.4 Å². The Hall–Kier alpha value is -2.87. The van der Waals surface area contributed by atoms with Gasteiger partial charge < -0.3 is 14.7 Å². The summed E-state index contributed by atoms with van der Waals surface area (Å²) in [5.41, 5.74) is 0.623. The molecule has 0 aliphatic carbocycles. The monoisotopic (exact) mass is 456 g/mol. The van der Waals surface area contributed by atoms with Gasteiger partial charge in [0.1, 0.15) is 11.6 Å². The summed E-state index contributed by atoms with van der Waals surface area (Å²) in [6.07, 6.45) is 1.16. The second-order valence-corrected chi connectivity index (χ2v) is 9.79. The molecule has 0 amide bonds. The molecule has 0 fully saturated rings. The quantitative estimate of drug-likeness (QED) is 0.630. The van der Waals surface area contributed by atoms with Gasteiger partial charge in [0.15, 0.2) is 9.84 Å². The fourth-order valence-electron chi connectivity index (χ4n) is 3.49. The molecule has 0 saturated carbocycles. The van der Waals surface area contributed by atoms with Crippen LogP contribution in [0.4, 0.5) is 5.69 Å². The van der Waals surface area contributed by atoms with Crippen LogP contribution in [0.5, 0.6) is 5.75 Å². The van der Waals surface area contributed by atoms with Crippen molar-refractivity contribution in [1.82, 2.24) is 0 Å². The molecule has 0 spiro atoms.